The third-order valence-electron chi connectivity index (χ3n) is 3.90. The Hall–Kier alpha value is -0.0800. The van der Waals surface area contributed by atoms with Gasteiger partial charge in [0.25, 0.3) is 0 Å². The van der Waals surface area contributed by atoms with Crippen LogP contribution in [0.15, 0.2) is 0 Å². The van der Waals surface area contributed by atoms with Crippen molar-refractivity contribution >= 4 is 0 Å². The first-order valence-electron chi connectivity index (χ1n) is 8.01. The van der Waals surface area contributed by atoms with E-state index in [1.165, 1.54) is 19.3 Å². The minimum atomic E-state index is 0.480. The molecular formula is C17H35NO. The van der Waals surface area contributed by atoms with Gasteiger partial charge in [-0.05, 0) is 49.0 Å². The summed E-state index contributed by atoms with van der Waals surface area (Å²) in [6.45, 7) is 16.9. The lowest BCUT2D eigenvalue weighted by molar-refractivity contribution is 0.0803. The highest BCUT2D eigenvalue weighted by Gasteiger charge is 2.37. The Morgan fingerprint density at radius 3 is 2.21 bits per heavy atom. The van der Waals surface area contributed by atoms with Crippen molar-refractivity contribution in [1.82, 2.24) is 5.32 Å². The summed E-state index contributed by atoms with van der Waals surface area (Å²) in [5.74, 6) is 0.646. The van der Waals surface area contributed by atoms with Crippen LogP contribution in [0.1, 0.15) is 67.2 Å². The number of ether oxygens (including phenoxy) is 1. The van der Waals surface area contributed by atoms with Gasteiger partial charge in [-0.2, -0.15) is 0 Å². The maximum atomic E-state index is 5.63. The van der Waals surface area contributed by atoms with E-state index in [0.29, 0.717) is 22.8 Å². The number of hydrogen-bond acceptors (Lipinski definition) is 2. The van der Waals surface area contributed by atoms with Crippen molar-refractivity contribution < 1.29 is 4.74 Å². The standard InChI is InChI=1S/C17H35NO/c1-14(2)12-19-9-7-8-18-15-10-16(3,4)13-17(5,6)11-15/h14-15,18H,7-13H2,1-6H3. The van der Waals surface area contributed by atoms with E-state index in [-0.39, 0.29) is 0 Å². The molecule has 0 aromatic rings. The van der Waals surface area contributed by atoms with E-state index in [1.807, 2.05) is 0 Å². The highest BCUT2D eigenvalue weighted by molar-refractivity contribution is 4.92. The van der Waals surface area contributed by atoms with E-state index in [2.05, 4.69) is 46.9 Å². The van der Waals surface area contributed by atoms with Crippen LogP contribution >= 0.6 is 0 Å². The largest absolute Gasteiger partial charge is 0.381 e. The molecule has 1 fully saturated rings. The highest BCUT2D eigenvalue weighted by atomic mass is 16.5. The average molecular weight is 269 g/mol. The Bertz CT molecular complexity index is 242. The zero-order chi connectivity index (χ0) is 14.5. The molecule has 0 atom stereocenters. The quantitative estimate of drug-likeness (QED) is 0.698. The van der Waals surface area contributed by atoms with Crippen LogP contribution < -0.4 is 5.32 Å². The summed E-state index contributed by atoms with van der Waals surface area (Å²) in [5, 5.41) is 3.74. The fourth-order valence-corrected chi connectivity index (χ4v) is 3.79. The van der Waals surface area contributed by atoms with Crippen LogP contribution in [0.5, 0.6) is 0 Å². The van der Waals surface area contributed by atoms with Crippen molar-refractivity contribution in [3.63, 3.8) is 0 Å². The minimum absolute atomic E-state index is 0.480. The van der Waals surface area contributed by atoms with Crippen LogP contribution in [0.4, 0.5) is 0 Å². The summed E-state index contributed by atoms with van der Waals surface area (Å²) in [4.78, 5) is 0. The third-order valence-corrected chi connectivity index (χ3v) is 3.90. The van der Waals surface area contributed by atoms with Gasteiger partial charge in [0.1, 0.15) is 0 Å². The molecule has 2 heteroatoms. The molecule has 19 heavy (non-hydrogen) atoms. The molecule has 2 nitrogen and oxygen atoms in total. The molecule has 0 unspecified atom stereocenters. The first-order chi connectivity index (χ1) is 8.70. The summed E-state index contributed by atoms with van der Waals surface area (Å²) in [6.07, 6.45) is 5.09. The summed E-state index contributed by atoms with van der Waals surface area (Å²) in [5.41, 5.74) is 0.959. The Kier molecular flexibility index (Phi) is 6.32. The van der Waals surface area contributed by atoms with Gasteiger partial charge < -0.3 is 10.1 Å². The van der Waals surface area contributed by atoms with Crippen LogP contribution in [-0.4, -0.2) is 25.8 Å². The van der Waals surface area contributed by atoms with Gasteiger partial charge in [0.15, 0.2) is 0 Å². The molecular weight excluding hydrogens is 234 g/mol. The minimum Gasteiger partial charge on any atom is -0.381 e. The van der Waals surface area contributed by atoms with Gasteiger partial charge in [0, 0.05) is 19.3 Å². The zero-order valence-corrected chi connectivity index (χ0v) is 14.0. The zero-order valence-electron chi connectivity index (χ0n) is 14.0. The lowest BCUT2D eigenvalue weighted by Crippen LogP contribution is -2.44. The van der Waals surface area contributed by atoms with Gasteiger partial charge in [-0.3, -0.25) is 0 Å². The molecule has 1 N–H and O–H groups in total. The van der Waals surface area contributed by atoms with Crippen LogP contribution in [-0.2, 0) is 4.74 Å². The second-order valence-corrected chi connectivity index (χ2v) is 8.39. The number of rotatable bonds is 7. The van der Waals surface area contributed by atoms with Crippen molar-refractivity contribution in [2.24, 2.45) is 16.7 Å². The normalized spacial score (nSPS) is 22.9. The van der Waals surface area contributed by atoms with Crippen LogP contribution in [0.2, 0.25) is 0 Å². The van der Waals surface area contributed by atoms with Gasteiger partial charge in [-0.1, -0.05) is 41.5 Å². The van der Waals surface area contributed by atoms with E-state index in [9.17, 15) is 0 Å². The van der Waals surface area contributed by atoms with Crippen molar-refractivity contribution in [3.05, 3.63) is 0 Å². The van der Waals surface area contributed by atoms with E-state index < -0.39 is 0 Å². The molecule has 0 saturated heterocycles. The number of hydrogen-bond donors (Lipinski definition) is 1. The Balaban J connectivity index is 2.18. The highest BCUT2D eigenvalue weighted by Crippen LogP contribution is 2.45. The summed E-state index contributed by atoms with van der Waals surface area (Å²) in [6, 6.07) is 0.684. The van der Waals surface area contributed by atoms with Crippen molar-refractivity contribution in [1.29, 1.82) is 0 Å². The first kappa shape index (κ1) is 17.0. The van der Waals surface area contributed by atoms with E-state index in [1.54, 1.807) is 0 Å². The Morgan fingerprint density at radius 1 is 1.11 bits per heavy atom. The molecule has 1 saturated carbocycles. The topological polar surface area (TPSA) is 21.3 Å². The molecule has 1 rings (SSSR count). The first-order valence-corrected chi connectivity index (χ1v) is 8.01. The maximum absolute atomic E-state index is 5.63. The van der Waals surface area contributed by atoms with Gasteiger partial charge in [-0.15, -0.1) is 0 Å². The predicted octanol–water partition coefficient (Wildman–Crippen LogP) is 4.24. The third kappa shape index (κ3) is 7.31. The summed E-state index contributed by atoms with van der Waals surface area (Å²) in [7, 11) is 0. The fraction of sp³-hybridized carbons (Fsp3) is 1.00. The second kappa shape index (κ2) is 7.08. The predicted molar refractivity (Wildman–Crippen MR) is 83.5 cm³/mol. The molecule has 114 valence electrons. The molecule has 0 heterocycles. The summed E-state index contributed by atoms with van der Waals surface area (Å²) < 4.78 is 5.63. The fourth-order valence-electron chi connectivity index (χ4n) is 3.79. The van der Waals surface area contributed by atoms with Crippen molar-refractivity contribution in [2.75, 3.05) is 19.8 Å². The van der Waals surface area contributed by atoms with Crippen molar-refractivity contribution in [2.45, 2.75) is 73.3 Å². The Morgan fingerprint density at radius 2 is 1.68 bits per heavy atom. The van der Waals surface area contributed by atoms with E-state index >= 15 is 0 Å². The molecule has 0 aromatic carbocycles. The van der Waals surface area contributed by atoms with E-state index in [4.69, 9.17) is 4.74 Å². The number of nitrogens with one attached hydrogen (secondary N) is 1. The smallest absolute Gasteiger partial charge is 0.0489 e. The molecule has 1 aliphatic rings. The lowest BCUT2D eigenvalue weighted by Gasteiger charge is -2.45. The molecule has 0 aliphatic heterocycles. The van der Waals surface area contributed by atoms with Crippen LogP contribution in [0, 0.1) is 16.7 Å². The van der Waals surface area contributed by atoms with Gasteiger partial charge >= 0.3 is 0 Å². The lowest BCUT2D eigenvalue weighted by atomic mass is 9.63. The molecule has 0 spiro atoms. The van der Waals surface area contributed by atoms with Gasteiger partial charge in [-0.25, -0.2) is 0 Å². The van der Waals surface area contributed by atoms with Crippen LogP contribution in [0.25, 0.3) is 0 Å². The SMILES string of the molecule is CC(C)COCCCNC1CC(C)(C)CC(C)(C)C1. The molecule has 0 radical (unpaired) electrons. The molecule has 0 amide bonds. The monoisotopic (exact) mass is 269 g/mol. The molecule has 1 aliphatic carbocycles. The summed E-state index contributed by atoms with van der Waals surface area (Å²) >= 11 is 0. The maximum Gasteiger partial charge on any atom is 0.0489 e. The van der Waals surface area contributed by atoms with Crippen molar-refractivity contribution in [3.8, 4) is 0 Å². The molecule has 0 aromatic heterocycles. The van der Waals surface area contributed by atoms with Gasteiger partial charge in [0.05, 0.1) is 0 Å². The Labute approximate surface area is 120 Å². The second-order valence-electron chi connectivity index (χ2n) is 8.39. The molecule has 0 bridgehead atoms. The van der Waals surface area contributed by atoms with Gasteiger partial charge in [0.2, 0.25) is 0 Å². The van der Waals surface area contributed by atoms with Crippen LogP contribution in [0.3, 0.4) is 0 Å². The average Bonchev–Trinajstić information content (AvgIpc) is 2.18. The van der Waals surface area contributed by atoms with E-state index in [0.717, 1.165) is 26.2 Å².